The van der Waals surface area contributed by atoms with E-state index in [2.05, 4.69) is 10.3 Å². The second-order valence-corrected chi connectivity index (χ2v) is 7.00. The molecule has 1 N–H and O–H groups in total. The fourth-order valence-electron chi connectivity index (χ4n) is 2.11. The molecule has 1 aromatic heterocycles. The average molecular weight is 394 g/mol. The number of nitrogens with one attached hydrogen (secondary N) is 1. The van der Waals surface area contributed by atoms with Gasteiger partial charge in [-0.05, 0) is 36.0 Å². The van der Waals surface area contributed by atoms with E-state index in [4.69, 9.17) is 35.4 Å². The standard InChI is InChI=1S/C17H13Cl2N3S2/c18-13-6-2-1-5-12(13)11-22-9-10-24-17(22)21-16(23)20-15-8-4-3-7-14(15)19/h1-10H,11H2,(H,20,23). The van der Waals surface area contributed by atoms with Crippen LogP contribution in [0.3, 0.4) is 0 Å². The van der Waals surface area contributed by atoms with Gasteiger partial charge in [0.15, 0.2) is 9.91 Å². The maximum atomic E-state index is 6.23. The van der Waals surface area contributed by atoms with E-state index in [0.717, 1.165) is 21.1 Å². The lowest BCUT2D eigenvalue weighted by Crippen LogP contribution is -2.19. The zero-order valence-corrected chi connectivity index (χ0v) is 15.6. The number of anilines is 1. The minimum atomic E-state index is 0.360. The maximum absolute atomic E-state index is 6.23. The molecule has 1 heterocycles. The van der Waals surface area contributed by atoms with Crippen LogP contribution in [-0.4, -0.2) is 9.68 Å². The topological polar surface area (TPSA) is 29.3 Å². The Bertz CT molecular complexity index is 931. The zero-order valence-electron chi connectivity index (χ0n) is 12.4. The fraction of sp³-hybridized carbons (Fsp3) is 0.0588. The van der Waals surface area contributed by atoms with E-state index >= 15 is 0 Å². The Kier molecular flexibility index (Phi) is 5.68. The lowest BCUT2D eigenvalue weighted by atomic mass is 10.2. The number of rotatable bonds is 3. The highest BCUT2D eigenvalue weighted by Gasteiger charge is 2.04. The van der Waals surface area contributed by atoms with E-state index in [1.54, 1.807) is 6.07 Å². The van der Waals surface area contributed by atoms with Crippen LogP contribution in [0, 0.1) is 0 Å². The number of thiocarbonyl (C=S) groups is 1. The molecule has 0 unspecified atom stereocenters. The molecule has 7 heteroatoms. The first-order valence-electron chi connectivity index (χ1n) is 7.11. The normalized spacial score (nSPS) is 11.5. The maximum Gasteiger partial charge on any atom is 0.199 e. The van der Waals surface area contributed by atoms with E-state index in [0.29, 0.717) is 16.7 Å². The summed E-state index contributed by atoms with van der Waals surface area (Å²) in [6.07, 6.45) is 1.96. The van der Waals surface area contributed by atoms with Gasteiger partial charge in [0.05, 0.1) is 17.3 Å². The molecule has 3 aromatic rings. The molecule has 0 spiro atoms. The summed E-state index contributed by atoms with van der Waals surface area (Å²) in [7, 11) is 0. The van der Waals surface area contributed by atoms with Crippen LogP contribution in [0.25, 0.3) is 0 Å². The highest BCUT2D eigenvalue weighted by Crippen LogP contribution is 2.20. The van der Waals surface area contributed by atoms with E-state index < -0.39 is 0 Å². The molecular weight excluding hydrogens is 381 g/mol. The second-order valence-electron chi connectivity index (χ2n) is 4.93. The summed E-state index contributed by atoms with van der Waals surface area (Å²) in [5.41, 5.74) is 1.77. The van der Waals surface area contributed by atoms with Crippen molar-refractivity contribution < 1.29 is 0 Å². The molecule has 0 amide bonds. The Balaban J connectivity index is 1.82. The summed E-state index contributed by atoms with van der Waals surface area (Å²) in [5.74, 6) is 0. The highest BCUT2D eigenvalue weighted by molar-refractivity contribution is 7.80. The molecule has 0 aliphatic carbocycles. The smallest absolute Gasteiger partial charge is 0.199 e. The molecule has 2 aromatic carbocycles. The Hall–Kier alpha value is -1.66. The van der Waals surface area contributed by atoms with Crippen molar-refractivity contribution in [2.45, 2.75) is 6.54 Å². The minimum absolute atomic E-state index is 0.360. The van der Waals surface area contributed by atoms with Gasteiger partial charge in [-0.15, -0.1) is 11.3 Å². The van der Waals surface area contributed by atoms with Crippen LogP contribution in [-0.2, 0) is 6.54 Å². The average Bonchev–Trinajstić information content (AvgIpc) is 2.99. The molecule has 0 fully saturated rings. The minimum Gasteiger partial charge on any atom is -0.330 e. The van der Waals surface area contributed by atoms with Gasteiger partial charge in [-0.2, -0.15) is 4.99 Å². The Labute approximate surface area is 159 Å². The van der Waals surface area contributed by atoms with Gasteiger partial charge in [0, 0.05) is 16.6 Å². The third-order valence-corrected chi connectivity index (χ3v) is 4.96. The summed E-state index contributed by atoms with van der Waals surface area (Å²) in [6, 6.07) is 15.2. The van der Waals surface area contributed by atoms with E-state index in [1.165, 1.54) is 11.3 Å². The summed E-state index contributed by atoms with van der Waals surface area (Å²) in [6.45, 7) is 0.636. The monoisotopic (exact) mass is 393 g/mol. The van der Waals surface area contributed by atoms with Crippen LogP contribution in [0.4, 0.5) is 5.69 Å². The summed E-state index contributed by atoms with van der Waals surface area (Å²) in [4.78, 5) is 5.27. The number of benzene rings is 2. The lowest BCUT2D eigenvalue weighted by molar-refractivity contribution is 0.772. The number of nitrogens with zero attached hydrogens (tertiary/aromatic N) is 2. The van der Waals surface area contributed by atoms with E-state index in [-0.39, 0.29) is 0 Å². The van der Waals surface area contributed by atoms with Gasteiger partial charge in [0.25, 0.3) is 0 Å². The van der Waals surface area contributed by atoms with Crippen LogP contribution in [0.2, 0.25) is 10.0 Å². The molecule has 3 rings (SSSR count). The quantitative estimate of drug-likeness (QED) is 0.619. The van der Waals surface area contributed by atoms with Gasteiger partial charge in [0.2, 0.25) is 0 Å². The Morgan fingerprint density at radius 2 is 1.79 bits per heavy atom. The number of hydrogen-bond acceptors (Lipinski definition) is 2. The predicted octanol–water partition coefficient (Wildman–Crippen LogP) is 5.20. The molecule has 3 nitrogen and oxygen atoms in total. The number of hydrogen-bond donors (Lipinski definition) is 1. The SMILES string of the molecule is S=C(N=c1sccn1Cc1ccccc1Cl)Nc1ccccc1Cl. The van der Waals surface area contributed by atoms with Crippen LogP contribution < -0.4 is 10.1 Å². The lowest BCUT2D eigenvalue weighted by Gasteiger charge is -2.07. The van der Waals surface area contributed by atoms with Gasteiger partial charge in [-0.1, -0.05) is 53.5 Å². The summed E-state index contributed by atoms with van der Waals surface area (Å²) >= 11 is 19.2. The third kappa shape index (κ3) is 4.24. The van der Waals surface area contributed by atoms with Gasteiger partial charge in [0.1, 0.15) is 0 Å². The molecule has 0 bridgehead atoms. The molecule has 122 valence electrons. The van der Waals surface area contributed by atoms with Gasteiger partial charge >= 0.3 is 0 Å². The van der Waals surface area contributed by atoms with Crippen molar-refractivity contribution in [3.05, 3.63) is 80.5 Å². The summed E-state index contributed by atoms with van der Waals surface area (Å²) < 4.78 is 2.01. The molecular formula is C17H13Cl2N3S2. The molecule has 0 radical (unpaired) electrons. The van der Waals surface area contributed by atoms with Crippen molar-refractivity contribution in [1.82, 2.24) is 4.57 Å². The zero-order chi connectivity index (χ0) is 16.9. The first-order chi connectivity index (χ1) is 11.6. The fourth-order valence-corrected chi connectivity index (χ4v) is 3.48. The molecule has 0 saturated heterocycles. The third-order valence-electron chi connectivity index (χ3n) is 3.27. The van der Waals surface area contributed by atoms with E-state index in [1.807, 2.05) is 58.6 Å². The number of aromatic nitrogens is 1. The molecule has 0 aliphatic rings. The Morgan fingerprint density at radius 3 is 2.54 bits per heavy atom. The van der Waals surface area contributed by atoms with Crippen molar-refractivity contribution in [3.8, 4) is 0 Å². The molecule has 0 aliphatic heterocycles. The molecule has 0 atom stereocenters. The Morgan fingerprint density at radius 1 is 1.08 bits per heavy atom. The first kappa shape index (κ1) is 17.2. The van der Waals surface area contributed by atoms with Crippen LogP contribution in [0.5, 0.6) is 0 Å². The number of halogens is 2. The largest absolute Gasteiger partial charge is 0.330 e. The van der Waals surface area contributed by atoms with Crippen LogP contribution in [0.15, 0.2) is 65.1 Å². The van der Waals surface area contributed by atoms with Crippen molar-refractivity contribution in [3.63, 3.8) is 0 Å². The predicted molar refractivity (Wildman–Crippen MR) is 106 cm³/mol. The van der Waals surface area contributed by atoms with Crippen molar-refractivity contribution in [2.75, 3.05) is 5.32 Å². The number of para-hydroxylation sites is 1. The van der Waals surface area contributed by atoms with Crippen molar-refractivity contribution in [2.24, 2.45) is 4.99 Å². The highest BCUT2D eigenvalue weighted by atomic mass is 35.5. The van der Waals surface area contributed by atoms with Crippen molar-refractivity contribution >= 4 is 57.6 Å². The summed E-state index contributed by atoms with van der Waals surface area (Å²) in [5, 5.41) is 6.71. The second kappa shape index (κ2) is 7.94. The van der Waals surface area contributed by atoms with Crippen molar-refractivity contribution in [1.29, 1.82) is 0 Å². The van der Waals surface area contributed by atoms with Crippen LogP contribution >= 0.6 is 46.8 Å². The molecule has 24 heavy (non-hydrogen) atoms. The molecule has 0 saturated carbocycles. The van der Waals surface area contributed by atoms with Gasteiger partial charge in [-0.25, -0.2) is 0 Å². The van der Waals surface area contributed by atoms with Gasteiger partial charge < -0.3 is 9.88 Å². The van der Waals surface area contributed by atoms with Gasteiger partial charge in [-0.3, -0.25) is 0 Å². The van der Waals surface area contributed by atoms with E-state index in [9.17, 15) is 0 Å². The van der Waals surface area contributed by atoms with Crippen LogP contribution in [0.1, 0.15) is 5.56 Å². The number of thiazole rings is 1. The first-order valence-corrected chi connectivity index (χ1v) is 9.15.